The lowest BCUT2D eigenvalue weighted by Crippen LogP contribution is -2.45. The standard InChI is InChI=1S/C16H27NO7/c1-15(2,3)23-13(21)8-7-11(18)17-10(9-12(19)20)14(22)24-16(4,5)6/h10H,7-9H2,1-6H3,(H,17,18)(H,19,20)/t10-/m0/s1. The highest BCUT2D eigenvalue weighted by molar-refractivity contribution is 5.89. The largest absolute Gasteiger partial charge is 0.481 e. The van der Waals surface area contributed by atoms with Gasteiger partial charge in [-0.1, -0.05) is 0 Å². The van der Waals surface area contributed by atoms with E-state index in [4.69, 9.17) is 14.6 Å². The van der Waals surface area contributed by atoms with E-state index in [0.717, 1.165) is 0 Å². The topological polar surface area (TPSA) is 119 Å². The van der Waals surface area contributed by atoms with E-state index in [2.05, 4.69) is 5.32 Å². The molecule has 0 aliphatic heterocycles. The number of aliphatic carboxylic acids is 1. The van der Waals surface area contributed by atoms with Crippen molar-refractivity contribution < 1.29 is 33.8 Å². The van der Waals surface area contributed by atoms with Crippen molar-refractivity contribution in [1.82, 2.24) is 5.32 Å². The van der Waals surface area contributed by atoms with Gasteiger partial charge in [-0.2, -0.15) is 0 Å². The van der Waals surface area contributed by atoms with E-state index < -0.39 is 47.5 Å². The van der Waals surface area contributed by atoms with E-state index in [1.165, 1.54) is 0 Å². The summed E-state index contributed by atoms with van der Waals surface area (Å²) in [6.45, 7) is 10.0. The lowest BCUT2D eigenvalue weighted by molar-refractivity contribution is -0.161. The summed E-state index contributed by atoms with van der Waals surface area (Å²) in [7, 11) is 0. The Morgan fingerprint density at radius 3 is 1.83 bits per heavy atom. The molecule has 24 heavy (non-hydrogen) atoms. The maximum absolute atomic E-state index is 12.0. The van der Waals surface area contributed by atoms with Crippen LogP contribution >= 0.6 is 0 Å². The Bertz CT molecular complexity index is 486. The molecule has 1 amide bonds. The molecule has 0 aromatic rings. The molecule has 0 saturated carbocycles. The second kappa shape index (κ2) is 8.65. The summed E-state index contributed by atoms with van der Waals surface area (Å²) < 4.78 is 10.2. The van der Waals surface area contributed by atoms with Crippen LogP contribution in [0.4, 0.5) is 0 Å². The Hall–Kier alpha value is -2.12. The molecule has 0 unspecified atom stereocenters. The summed E-state index contributed by atoms with van der Waals surface area (Å²) in [6, 6.07) is -1.31. The monoisotopic (exact) mass is 345 g/mol. The zero-order chi connectivity index (χ0) is 19.1. The van der Waals surface area contributed by atoms with E-state index >= 15 is 0 Å². The van der Waals surface area contributed by atoms with Gasteiger partial charge in [0.05, 0.1) is 12.8 Å². The van der Waals surface area contributed by atoms with E-state index in [9.17, 15) is 19.2 Å². The number of rotatable bonds is 7. The predicted molar refractivity (Wildman–Crippen MR) is 85.1 cm³/mol. The van der Waals surface area contributed by atoms with Crippen molar-refractivity contribution in [3.8, 4) is 0 Å². The molecule has 8 nitrogen and oxygen atoms in total. The molecule has 0 aromatic heterocycles. The lowest BCUT2D eigenvalue weighted by atomic mass is 10.1. The fraction of sp³-hybridized carbons (Fsp3) is 0.750. The van der Waals surface area contributed by atoms with Gasteiger partial charge in [-0.3, -0.25) is 14.4 Å². The van der Waals surface area contributed by atoms with E-state index in [1.54, 1.807) is 41.5 Å². The zero-order valence-corrected chi connectivity index (χ0v) is 15.1. The van der Waals surface area contributed by atoms with Crippen LogP contribution in [0.3, 0.4) is 0 Å². The normalized spacial score (nSPS) is 12.9. The van der Waals surface area contributed by atoms with Crippen LogP contribution in [-0.2, 0) is 28.7 Å². The Labute approximate surface area is 141 Å². The van der Waals surface area contributed by atoms with Crippen molar-refractivity contribution in [3.05, 3.63) is 0 Å². The second-order valence-electron chi connectivity index (χ2n) is 7.34. The first-order valence-corrected chi connectivity index (χ1v) is 7.65. The third kappa shape index (κ3) is 11.4. The Morgan fingerprint density at radius 1 is 0.917 bits per heavy atom. The highest BCUT2D eigenvalue weighted by Crippen LogP contribution is 2.11. The van der Waals surface area contributed by atoms with Crippen molar-refractivity contribution in [1.29, 1.82) is 0 Å². The fourth-order valence-electron chi connectivity index (χ4n) is 1.62. The van der Waals surface area contributed by atoms with Crippen LogP contribution in [0, 0.1) is 0 Å². The van der Waals surface area contributed by atoms with Crippen molar-refractivity contribution in [3.63, 3.8) is 0 Å². The molecule has 0 spiro atoms. The van der Waals surface area contributed by atoms with Crippen LogP contribution in [0.2, 0.25) is 0 Å². The van der Waals surface area contributed by atoms with Crippen LogP contribution in [0.5, 0.6) is 0 Å². The minimum Gasteiger partial charge on any atom is -0.481 e. The van der Waals surface area contributed by atoms with Gasteiger partial charge in [0, 0.05) is 6.42 Å². The first kappa shape index (κ1) is 21.9. The first-order valence-electron chi connectivity index (χ1n) is 7.65. The third-order valence-corrected chi connectivity index (χ3v) is 2.38. The highest BCUT2D eigenvalue weighted by atomic mass is 16.6. The fourth-order valence-corrected chi connectivity index (χ4v) is 1.62. The van der Waals surface area contributed by atoms with Crippen LogP contribution < -0.4 is 5.32 Å². The molecule has 0 rings (SSSR count). The number of carbonyl (C=O) groups excluding carboxylic acids is 3. The SMILES string of the molecule is CC(C)(C)OC(=O)CCC(=O)N[C@@H](CC(=O)O)C(=O)OC(C)(C)C. The maximum atomic E-state index is 12.0. The second-order valence-corrected chi connectivity index (χ2v) is 7.34. The van der Waals surface area contributed by atoms with Gasteiger partial charge in [-0.25, -0.2) is 4.79 Å². The van der Waals surface area contributed by atoms with Gasteiger partial charge in [0.1, 0.15) is 17.2 Å². The highest BCUT2D eigenvalue weighted by Gasteiger charge is 2.29. The van der Waals surface area contributed by atoms with Gasteiger partial charge in [-0.05, 0) is 41.5 Å². The molecule has 0 aliphatic carbocycles. The summed E-state index contributed by atoms with van der Waals surface area (Å²) in [5, 5.41) is 11.1. The average molecular weight is 345 g/mol. The molecule has 0 saturated heterocycles. The summed E-state index contributed by atoms with van der Waals surface area (Å²) in [6.07, 6.45) is -0.988. The number of ether oxygens (including phenoxy) is 2. The molecule has 1 atom stereocenters. The van der Waals surface area contributed by atoms with Gasteiger partial charge in [-0.15, -0.1) is 0 Å². The van der Waals surface area contributed by atoms with Gasteiger partial charge < -0.3 is 19.9 Å². The summed E-state index contributed by atoms with van der Waals surface area (Å²) in [5.74, 6) is -3.27. The number of hydrogen-bond acceptors (Lipinski definition) is 6. The van der Waals surface area contributed by atoms with Gasteiger partial charge in [0.2, 0.25) is 5.91 Å². The molecule has 8 heteroatoms. The van der Waals surface area contributed by atoms with Crippen LogP contribution in [0.25, 0.3) is 0 Å². The summed E-state index contributed by atoms with van der Waals surface area (Å²) in [5.41, 5.74) is -1.47. The van der Waals surface area contributed by atoms with E-state index in [0.29, 0.717) is 0 Å². The number of hydrogen-bond donors (Lipinski definition) is 2. The zero-order valence-electron chi connectivity index (χ0n) is 15.1. The Kier molecular flexibility index (Phi) is 7.89. The number of carboxylic acid groups (broad SMARTS) is 1. The number of amides is 1. The van der Waals surface area contributed by atoms with Gasteiger partial charge >= 0.3 is 17.9 Å². The number of nitrogens with one attached hydrogen (secondary N) is 1. The average Bonchev–Trinajstić information content (AvgIpc) is 2.30. The Balaban J connectivity index is 4.63. The molecule has 138 valence electrons. The Morgan fingerprint density at radius 2 is 1.42 bits per heavy atom. The number of esters is 2. The third-order valence-electron chi connectivity index (χ3n) is 2.38. The minimum atomic E-state index is -1.31. The molecule has 0 aromatic carbocycles. The molecule has 2 N–H and O–H groups in total. The quantitative estimate of drug-likeness (QED) is 0.669. The van der Waals surface area contributed by atoms with Crippen molar-refractivity contribution >= 4 is 23.8 Å². The lowest BCUT2D eigenvalue weighted by Gasteiger charge is -2.24. The molecular weight excluding hydrogens is 318 g/mol. The maximum Gasteiger partial charge on any atom is 0.329 e. The van der Waals surface area contributed by atoms with Crippen molar-refractivity contribution in [2.24, 2.45) is 0 Å². The molecule has 0 aliphatic rings. The van der Waals surface area contributed by atoms with E-state index in [-0.39, 0.29) is 12.8 Å². The van der Waals surface area contributed by atoms with Crippen LogP contribution in [0.15, 0.2) is 0 Å². The molecule has 0 radical (unpaired) electrons. The molecule has 0 heterocycles. The van der Waals surface area contributed by atoms with Crippen LogP contribution in [-0.4, -0.2) is 46.2 Å². The van der Waals surface area contributed by atoms with Crippen LogP contribution in [0.1, 0.15) is 60.8 Å². The number of carboxylic acids is 1. The minimum absolute atomic E-state index is 0.169. The number of carbonyl (C=O) groups is 4. The molecule has 0 bridgehead atoms. The van der Waals surface area contributed by atoms with Gasteiger partial charge in [0.15, 0.2) is 0 Å². The smallest absolute Gasteiger partial charge is 0.329 e. The molecule has 0 fully saturated rings. The summed E-state index contributed by atoms with van der Waals surface area (Å²) >= 11 is 0. The van der Waals surface area contributed by atoms with E-state index in [1.807, 2.05) is 0 Å². The summed E-state index contributed by atoms with van der Waals surface area (Å²) in [4.78, 5) is 46.2. The van der Waals surface area contributed by atoms with Gasteiger partial charge in [0.25, 0.3) is 0 Å². The van der Waals surface area contributed by atoms with Crippen molar-refractivity contribution in [2.75, 3.05) is 0 Å². The predicted octanol–water partition coefficient (Wildman–Crippen LogP) is 1.41. The van der Waals surface area contributed by atoms with Crippen molar-refractivity contribution in [2.45, 2.75) is 78.0 Å². The molecular formula is C16H27NO7. The first-order chi connectivity index (χ1) is 10.7.